The lowest BCUT2D eigenvalue weighted by molar-refractivity contribution is 0.112. The fourth-order valence-corrected chi connectivity index (χ4v) is 2.14. The van der Waals surface area contributed by atoms with Crippen molar-refractivity contribution in [2.45, 2.75) is 13.8 Å². The molecule has 0 atom stereocenters. The second-order valence-electron chi connectivity index (χ2n) is 4.29. The van der Waals surface area contributed by atoms with Gasteiger partial charge in [0.15, 0.2) is 6.29 Å². The van der Waals surface area contributed by atoms with E-state index >= 15 is 0 Å². The highest BCUT2D eigenvalue weighted by Crippen LogP contribution is 2.24. The van der Waals surface area contributed by atoms with Crippen LogP contribution in [0.15, 0.2) is 42.6 Å². The van der Waals surface area contributed by atoms with Gasteiger partial charge < -0.3 is 4.90 Å². The van der Waals surface area contributed by atoms with Crippen LogP contribution in [0.3, 0.4) is 0 Å². The Hall–Kier alpha value is -2.16. The van der Waals surface area contributed by atoms with E-state index in [1.807, 2.05) is 42.6 Å². The minimum atomic E-state index is 0.644. The number of nitrogens with zero attached hydrogens (tertiary/aromatic N) is 2. The van der Waals surface area contributed by atoms with Crippen LogP contribution < -0.4 is 4.90 Å². The Balaban J connectivity index is 2.44. The molecule has 0 bridgehead atoms. The van der Waals surface area contributed by atoms with E-state index in [2.05, 4.69) is 23.7 Å². The first-order valence-corrected chi connectivity index (χ1v) is 6.55. The third kappa shape index (κ3) is 2.81. The number of hydrogen-bond donors (Lipinski definition) is 0. The summed E-state index contributed by atoms with van der Waals surface area (Å²) >= 11 is 0. The molecule has 0 saturated heterocycles. The molecule has 2 aromatic rings. The molecule has 19 heavy (non-hydrogen) atoms. The normalized spacial score (nSPS) is 10.2. The Morgan fingerprint density at radius 2 is 1.79 bits per heavy atom. The molecule has 0 aliphatic carbocycles. The Morgan fingerprint density at radius 1 is 1.11 bits per heavy atom. The third-order valence-electron chi connectivity index (χ3n) is 3.19. The molecule has 3 heteroatoms. The smallest absolute Gasteiger partial charge is 0.153 e. The van der Waals surface area contributed by atoms with E-state index in [1.54, 1.807) is 0 Å². The zero-order valence-electron chi connectivity index (χ0n) is 11.3. The predicted octanol–water partition coefficient (Wildman–Crippen LogP) is 3.41. The third-order valence-corrected chi connectivity index (χ3v) is 3.19. The number of aromatic nitrogens is 1. The van der Waals surface area contributed by atoms with E-state index in [0.717, 1.165) is 36.3 Å². The first-order chi connectivity index (χ1) is 9.30. The van der Waals surface area contributed by atoms with Crippen LogP contribution in [0.4, 0.5) is 5.82 Å². The van der Waals surface area contributed by atoms with E-state index in [1.165, 1.54) is 0 Å². The molecule has 1 aromatic heterocycles. The van der Waals surface area contributed by atoms with Crippen molar-refractivity contribution in [1.82, 2.24) is 4.98 Å². The summed E-state index contributed by atoms with van der Waals surface area (Å²) in [6.07, 6.45) is 2.71. The number of rotatable bonds is 5. The largest absolute Gasteiger partial charge is 0.357 e. The second-order valence-corrected chi connectivity index (χ2v) is 4.29. The molecule has 0 amide bonds. The van der Waals surface area contributed by atoms with Gasteiger partial charge in [0.2, 0.25) is 0 Å². The van der Waals surface area contributed by atoms with Crippen molar-refractivity contribution in [3.63, 3.8) is 0 Å². The second kappa shape index (κ2) is 6.14. The van der Waals surface area contributed by atoms with Gasteiger partial charge in [-0.1, -0.05) is 30.3 Å². The summed E-state index contributed by atoms with van der Waals surface area (Å²) in [5, 5.41) is 0. The summed E-state index contributed by atoms with van der Waals surface area (Å²) in [6.45, 7) is 5.81. The summed E-state index contributed by atoms with van der Waals surface area (Å²) in [4.78, 5) is 17.8. The lowest BCUT2D eigenvalue weighted by Crippen LogP contribution is -2.24. The monoisotopic (exact) mass is 254 g/mol. The molecule has 0 radical (unpaired) electrons. The molecule has 0 fully saturated rings. The first kappa shape index (κ1) is 13.3. The lowest BCUT2D eigenvalue weighted by Gasteiger charge is -2.21. The van der Waals surface area contributed by atoms with Gasteiger partial charge in [-0.25, -0.2) is 4.98 Å². The van der Waals surface area contributed by atoms with Crippen LogP contribution in [-0.2, 0) is 0 Å². The quantitative estimate of drug-likeness (QED) is 0.767. The van der Waals surface area contributed by atoms with Gasteiger partial charge in [-0.05, 0) is 25.5 Å². The molecule has 1 aromatic carbocycles. The van der Waals surface area contributed by atoms with E-state index in [0.29, 0.717) is 5.56 Å². The van der Waals surface area contributed by atoms with Crippen molar-refractivity contribution in [2.24, 2.45) is 0 Å². The summed E-state index contributed by atoms with van der Waals surface area (Å²) in [7, 11) is 0. The van der Waals surface area contributed by atoms with Crippen molar-refractivity contribution < 1.29 is 4.79 Å². The van der Waals surface area contributed by atoms with E-state index in [9.17, 15) is 4.79 Å². The van der Waals surface area contributed by atoms with Crippen LogP contribution in [0.2, 0.25) is 0 Å². The number of hydrogen-bond acceptors (Lipinski definition) is 3. The van der Waals surface area contributed by atoms with Crippen molar-refractivity contribution >= 4 is 12.1 Å². The van der Waals surface area contributed by atoms with Crippen LogP contribution in [0.1, 0.15) is 24.2 Å². The Morgan fingerprint density at radius 3 is 2.37 bits per heavy atom. The lowest BCUT2D eigenvalue weighted by atomic mass is 10.1. The minimum absolute atomic E-state index is 0.644. The maximum absolute atomic E-state index is 11.3. The van der Waals surface area contributed by atoms with Gasteiger partial charge in [-0.3, -0.25) is 4.79 Å². The summed E-state index contributed by atoms with van der Waals surface area (Å²) < 4.78 is 0. The zero-order valence-corrected chi connectivity index (χ0v) is 11.3. The van der Waals surface area contributed by atoms with Crippen molar-refractivity contribution in [3.05, 3.63) is 48.2 Å². The number of carbonyl (C=O) groups is 1. The Labute approximate surface area is 113 Å². The van der Waals surface area contributed by atoms with Crippen LogP contribution >= 0.6 is 0 Å². The number of aldehydes is 1. The molecule has 3 nitrogen and oxygen atoms in total. The number of anilines is 1. The summed E-state index contributed by atoms with van der Waals surface area (Å²) in [6, 6.07) is 11.9. The minimum Gasteiger partial charge on any atom is -0.357 e. The Kier molecular flexibility index (Phi) is 4.29. The maximum Gasteiger partial charge on any atom is 0.153 e. The van der Waals surface area contributed by atoms with Gasteiger partial charge in [-0.15, -0.1) is 0 Å². The van der Waals surface area contributed by atoms with E-state index < -0.39 is 0 Å². The maximum atomic E-state index is 11.3. The van der Waals surface area contributed by atoms with Gasteiger partial charge in [0, 0.05) is 24.8 Å². The standard InChI is InChI=1S/C16H18N2O/c1-3-18(4-2)16-15(12-19)10-14(11-17-16)13-8-6-5-7-9-13/h5-12H,3-4H2,1-2H3. The summed E-state index contributed by atoms with van der Waals surface area (Å²) in [5.41, 5.74) is 2.69. The van der Waals surface area contributed by atoms with Gasteiger partial charge in [-0.2, -0.15) is 0 Å². The topological polar surface area (TPSA) is 33.2 Å². The molecule has 98 valence electrons. The van der Waals surface area contributed by atoms with Gasteiger partial charge in [0.05, 0.1) is 5.56 Å². The molecule has 1 heterocycles. The highest BCUT2D eigenvalue weighted by molar-refractivity contribution is 5.85. The van der Waals surface area contributed by atoms with Crippen LogP contribution in [0.25, 0.3) is 11.1 Å². The van der Waals surface area contributed by atoms with Gasteiger partial charge in [0.25, 0.3) is 0 Å². The van der Waals surface area contributed by atoms with Gasteiger partial charge >= 0.3 is 0 Å². The highest BCUT2D eigenvalue weighted by atomic mass is 16.1. The number of pyridine rings is 1. The SMILES string of the molecule is CCN(CC)c1ncc(-c2ccccc2)cc1C=O. The fourth-order valence-electron chi connectivity index (χ4n) is 2.14. The number of benzene rings is 1. The summed E-state index contributed by atoms with van der Waals surface area (Å²) in [5.74, 6) is 0.764. The average molecular weight is 254 g/mol. The molecule has 0 aliphatic heterocycles. The molecular weight excluding hydrogens is 236 g/mol. The van der Waals surface area contributed by atoms with Crippen molar-refractivity contribution in [2.75, 3.05) is 18.0 Å². The molecule has 0 aliphatic rings. The van der Waals surface area contributed by atoms with Crippen molar-refractivity contribution in [1.29, 1.82) is 0 Å². The molecular formula is C16H18N2O. The number of carbonyl (C=O) groups excluding carboxylic acids is 1. The average Bonchev–Trinajstić information content (AvgIpc) is 2.49. The van der Waals surface area contributed by atoms with Crippen LogP contribution in [-0.4, -0.2) is 24.4 Å². The molecule has 0 unspecified atom stereocenters. The van der Waals surface area contributed by atoms with E-state index in [4.69, 9.17) is 0 Å². The highest BCUT2D eigenvalue weighted by Gasteiger charge is 2.11. The predicted molar refractivity (Wildman–Crippen MR) is 78.6 cm³/mol. The fraction of sp³-hybridized carbons (Fsp3) is 0.250. The molecule has 0 saturated carbocycles. The first-order valence-electron chi connectivity index (χ1n) is 6.55. The van der Waals surface area contributed by atoms with Crippen molar-refractivity contribution in [3.8, 4) is 11.1 Å². The van der Waals surface area contributed by atoms with E-state index in [-0.39, 0.29) is 0 Å². The van der Waals surface area contributed by atoms with Crippen LogP contribution in [0, 0.1) is 0 Å². The molecule has 0 spiro atoms. The molecule has 0 N–H and O–H groups in total. The zero-order chi connectivity index (χ0) is 13.7. The Bertz CT molecular complexity index is 548. The van der Waals surface area contributed by atoms with Crippen LogP contribution in [0.5, 0.6) is 0 Å². The van der Waals surface area contributed by atoms with Gasteiger partial charge in [0.1, 0.15) is 5.82 Å². The molecule has 2 rings (SSSR count).